The van der Waals surface area contributed by atoms with Crippen LogP contribution in [-0.4, -0.2) is 32.1 Å². The molecule has 0 bridgehead atoms. The molecule has 0 heterocycles. The van der Waals surface area contributed by atoms with Crippen LogP contribution in [0, 0.1) is 5.92 Å². The van der Waals surface area contributed by atoms with Crippen molar-refractivity contribution in [2.45, 2.75) is 79.1 Å². The van der Waals surface area contributed by atoms with Crippen LogP contribution in [-0.2, 0) is 17.3 Å². The van der Waals surface area contributed by atoms with Crippen LogP contribution in [0.3, 0.4) is 0 Å². The molecule has 0 fully saturated rings. The zero-order valence-electron chi connectivity index (χ0n) is 18.4. The number of hydrogen-bond acceptors (Lipinski definition) is 2. The van der Waals surface area contributed by atoms with E-state index in [9.17, 15) is 0 Å². The van der Waals surface area contributed by atoms with Crippen molar-refractivity contribution in [1.82, 2.24) is 4.90 Å². The largest absolute Gasteiger partial charge is 0.492 e. The minimum atomic E-state index is 0.112. The Labute approximate surface area is 157 Å². The van der Waals surface area contributed by atoms with E-state index in [2.05, 4.69) is 86.5 Å². The minimum Gasteiger partial charge on any atom is -0.492 e. The van der Waals surface area contributed by atoms with Gasteiger partial charge in [0, 0.05) is 12.1 Å². The van der Waals surface area contributed by atoms with Gasteiger partial charge in [0.2, 0.25) is 0 Å². The lowest BCUT2D eigenvalue weighted by Crippen LogP contribution is -2.24. The molecule has 0 aliphatic carbocycles. The van der Waals surface area contributed by atoms with Crippen LogP contribution in [0.1, 0.15) is 78.5 Å². The van der Waals surface area contributed by atoms with Gasteiger partial charge in [0.1, 0.15) is 12.4 Å². The third kappa shape index (κ3) is 6.33. The number of likely N-dealkylation sites (N-methyl/N-ethyl adjacent to an activating group) is 1. The van der Waals surface area contributed by atoms with E-state index < -0.39 is 0 Å². The Morgan fingerprint density at radius 1 is 1.04 bits per heavy atom. The first-order valence-corrected chi connectivity index (χ1v) is 9.84. The van der Waals surface area contributed by atoms with Gasteiger partial charge in [-0.05, 0) is 54.8 Å². The summed E-state index contributed by atoms with van der Waals surface area (Å²) in [7, 11) is 4.19. The van der Waals surface area contributed by atoms with Gasteiger partial charge in [0.25, 0.3) is 0 Å². The third-order valence-electron chi connectivity index (χ3n) is 5.06. The third-order valence-corrected chi connectivity index (χ3v) is 5.06. The predicted molar refractivity (Wildman–Crippen MR) is 111 cm³/mol. The van der Waals surface area contributed by atoms with E-state index in [0.717, 1.165) is 31.7 Å². The Morgan fingerprint density at radius 3 is 2.08 bits per heavy atom. The van der Waals surface area contributed by atoms with Crippen molar-refractivity contribution in [3.05, 3.63) is 28.8 Å². The van der Waals surface area contributed by atoms with Crippen LogP contribution < -0.4 is 4.74 Å². The van der Waals surface area contributed by atoms with Crippen molar-refractivity contribution in [1.29, 1.82) is 0 Å². The molecule has 1 rings (SSSR count). The Morgan fingerprint density at radius 2 is 1.64 bits per heavy atom. The highest BCUT2D eigenvalue weighted by Gasteiger charge is 2.28. The average molecular weight is 348 g/mol. The van der Waals surface area contributed by atoms with Gasteiger partial charge in [0.05, 0.1) is 0 Å². The maximum absolute atomic E-state index is 6.39. The Kier molecular flexibility index (Phi) is 7.55. The van der Waals surface area contributed by atoms with Gasteiger partial charge in [-0.3, -0.25) is 0 Å². The van der Waals surface area contributed by atoms with Gasteiger partial charge < -0.3 is 9.64 Å². The maximum atomic E-state index is 6.39. The summed E-state index contributed by atoms with van der Waals surface area (Å²) < 4.78 is 6.39. The number of ether oxygens (including phenoxy) is 1. The molecule has 0 radical (unpaired) electrons. The monoisotopic (exact) mass is 347 g/mol. The molecule has 0 unspecified atom stereocenters. The SMILES string of the molecule is CCC(C)(C)c1cc(C(C)(C)C)cc(CC(C)C)c1OCCN(C)C. The molecule has 144 valence electrons. The number of rotatable bonds is 8. The molecule has 0 saturated carbocycles. The van der Waals surface area contributed by atoms with E-state index >= 15 is 0 Å². The fraction of sp³-hybridized carbons (Fsp3) is 0.739. The van der Waals surface area contributed by atoms with E-state index in [-0.39, 0.29) is 10.8 Å². The second-order valence-electron chi connectivity index (χ2n) is 9.75. The van der Waals surface area contributed by atoms with Crippen LogP contribution >= 0.6 is 0 Å². The zero-order valence-corrected chi connectivity index (χ0v) is 18.4. The summed E-state index contributed by atoms with van der Waals surface area (Å²) >= 11 is 0. The van der Waals surface area contributed by atoms with Crippen LogP contribution in [0.2, 0.25) is 0 Å². The molecular formula is C23H41NO. The molecule has 0 saturated heterocycles. The standard InChI is InChI=1S/C23H41NO/c1-11-23(7,8)20-16-19(22(4,5)6)15-18(14-17(2)3)21(20)25-13-12-24(9)10/h15-17H,11-14H2,1-10H3. The summed E-state index contributed by atoms with van der Waals surface area (Å²) in [6.07, 6.45) is 2.17. The molecule has 1 aromatic carbocycles. The quantitative estimate of drug-likeness (QED) is 0.588. The van der Waals surface area contributed by atoms with Crippen molar-refractivity contribution in [3.8, 4) is 5.75 Å². The summed E-state index contributed by atoms with van der Waals surface area (Å²) in [5.41, 5.74) is 4.42. The normalized spacial score (nSPS) is 13.0. The van der Waals surface area contributed by atoms with Crippen molar-refractivity contribution >= 4 is 0 Å². The topological polar surface area (TPSA) is 12.5 Å². The van der Waals surface area contributed by atoms with Gasteiger partial charge >= 0.3 is 0 Å². The highest BCUT2D eigenvalue weighted by Crippen LogP contribution is 2.40. The highest BCUT2D eigenvalue weighted by atomic mass is 16.5. The van der Waals surface area contributed by atoms with E-state index in [1.54, 1.807) is 0 Å². The first kappa shape index (κ1) is 22.0. The van der Waals surface area contributed by atoms with Gasteiger partial charge in [0.15, 0.2) is 0 Å². The van der Waals surface area contributed by atoms with E-state index in [1.807, 2.05) is 0 Å². The number of nitrogens with zero attached hydrogens (tertiary/aromatic N) is 1. The van der Waals surface area contributed by atoms with Crippen LogP contribution in [0.5, 0.6) is 5.75 Å². The summed E-state index contributed by atoms with van der Waals surface area (Å²) in [6, 6.07) is 4.79. The Balaban J connectivity index is 3.49. The molecular weight excluding hydrogens is 306 g/mol. The van der Waals surface area contributed by atoms with E-state index in [1.165, 1.54) is 16.7 Å². The fourth-order valence-corrected chi connectivity index (χ4v) is 2.91. The lowest BCUT2D eigenvalue weighted by molar-refractivity contribution is 0.253. The lowest BCUT2D eigenvalue weighted by atomic mass is 9.76. The number of benzene rings is 1. The Hall–Kier alpha value is -1.02. The van der Waals surface area contributed by atoms with Gasteiger partial charge in [-0.15, -0.1) is 0 Å². The fourth-order valence-electron chi connectivity index (χ4n) is 2.91. The van der Waals surface area contributed by atoms with Crippen LogP contribution in [0.15, 0.2) is 12.1 Å². The van der Waals surface area contributed by atoms with Gasteiger partial charge in [-0.1, -0.05) is 67.5 Å². The highest BCUT2D eigenvalue weighted by molar-refractivity contribution is 5.50. The zero-order chi connectivity index (χ0) is 19.4. The van der Waals surface area contributed by atoms with Crippen molar-refractivity contribution < 1.29 is 4.74 Å². The summed E-state index contributed by atoms with van der Waals surface area (Å²) in [5, 5.41) is 0. The molecule has 0 aromatic heterocycles. The molecule has 2 heteroatoms. The van der Waals surface area contributed by atoms with Crippen molar-refractivity contribution in [2.75, 3.05) is 27.2 Å². The van der Waals surface area contributed by atoms with Crippen molar-refractivity contribution in [3.63, 3.8) is 0 Å². The molecule has 0 N–H and O–H groups in total. The molecule has 2 nitrogen and oxygen atoms in total. The molecule has 0 atom stereocenters. The molecule has 0 amide bonds. The average Bonchev–Trinajstić information content (AvgIpc) is 2.46. The Bertz CT molecular complexity index is 550. The molecule has 1 aromatic rings. The van der Waals surface area contributed by atoms with Crippen LogP contribution in [0.25, 0.3) is 0 Å². The molecule has 0 aliphatic rings. The van der Waals surface area contributed by atoms with E-state index in [0.29, 0.717) is 5.92 Å². The van der Waals surface area contributed by atoms with Crippen molar-refractivity contribution in [2.24, 2.45) is 5.92 Å². The maximum Gasteiger partial charge on any atom is 0.126 e. The predicted octanol–water partition coefficient (Wildman–Crippen LogP) is 5.81. The second kappa shape index (κ2) is 8.58. The summed E-state index contributed by atoms with van der Waals surface area (Å²) in [6.45, 7) is 20.1. The molecule has 0 spiro atoms. The molecule has 25 heavy (non-hydrogen) atoms. The first-order chi connectivity index (χ1) is 11.4. The number of hydrogen-bond donors (Lipinski definition) is 0. The van der Waals surface area contributed by atoms with Gasteiger partial charge in [-0.25, -0.2) is 0 Å². The first-order valence-electron chi connectivity index (χ1n) is 9.84. The summed E-state index contributed by atoms with van der Waals surface area (Å²) in [5.74, 6) is 1.75. The second-order valence-corrected chi connectivity index (χ2v) is 9.75. The smallest absolute Gasteiger partial charge is 0.126 e. The lowest BCUT2D eigenvalue weighted by Gasteiger charge is -2.31. The summed E-state index contributed by atoms with van der Waals surface area (Å²) in [4.78, 5) is 2.18. The van der Waals surface area contributed by atoms with E-state index in [4.69, 9.17) is 4.74 Å². The van der Waals surface area contributed by atoms with Gasteiger partial charge in [-0.2, -0.15) is 0 Å². The van der Waals surface area contributed by atoms with Crippen LogP contribution in [0.4, 0.5) is 0 Å². The molecule has 0 aliphatic heterocycles. The minimum absolute atomic E-state index is 0.112.